The van der Waals surface area contributed by atoms with E-state index in [4.69, 9.17) is 10.5 Å². The number of amides is 3. The average molecular weight is 440 g/mol. The first-order valence-electron chi connectivity index (χ1n) is 11.4. The number of nitrogens with two attached hydrogens (primary N) is 1. The van der Waals surface area contributed by atoms with Crippen molar-refractivity contribution in [2.24, 2.45) is 0 Å². The number of benzene rings is 2. The Labute approximate surface area is 189 Å². The number of hydrogen-bond donors (Lipinski definition) is 2. The van der Waals surface area contributed by atoms with Gasteiger partial charge >= 0.3 is 6.03 Å². The van der Waals surface area contributed by atoms with Crippen molar-refractivity contribution in [3.63, 3.8) is 0 Å². The molecule has 3 saturated heterocycles. The van der Waals surface area contributed by atoms with Crippen molar-refractivity contribution < 1.29 is 14.3 Å². The van der Waals surface area contributed by atoms with Crippen LogP contribution in [0.25, 0.3) is 10.8 Å². The number of nitrogen functional groups attached to an aromatic ring is 1. The number of hydrogen-bond acceptors (Lipinski definition) is 6. The van der Waals surface area contributed by atoms with Crippen LogP contribution in [0.5, 0.6) is 0 Å². The van der Waals surface area contributed by atoms with Gasteiger partial charge in [-0.2, -0.15) is 0 Å². The summed E-state index contributed by atoms with van der Waals surface area (Å²) < 4.78 is 5.37. The van der Waals surface area contributed by atoms with Crippen LogP contribution >= 0.6 is 0 Å². The molecule has 0 aromatic heterocycles. The predicted octanol–water partition coefficient (Wildman–Crippen LogP) is 2.06. The number of imide groups is 1. The molecule has 0 spiro atoms. The summed E-state index contributed by atoms with van der Waals surface area (Å²) >= 11 is 0. The van der Waals surface area contributed by atoms with Crippen molar-refractivity contribution in [2.45, 2.75) is 24.9 Å². The standard InChI is InChI=1S/C22H26N4O3.C2H7N/c23-18-6-5-17(15-3-1-2-4-16(15)18)19-7-8-20-21(27)25(22(28)26(19)20)10-9-24-11-13-29-14-12-24;1-3-2/h1-6,19-20H,7-14,23H2;3H,1-2H3. The topological polar surface area (TPSA) is 91.1 Å². The number of rotatable bonds is 4. The number of nitrogens with one attached hydrogen (secondary N) is 1. The van der Waals surface area contributed by atoms with Crippen LogP contribution in [0.15, 0.2) is 36.4 Å². The van der Waals surface area contributed by atoms with Gasteiger partial charge in [0.25, 0.3) is 5.91 Å². The van der Waals surface area contributed by atoms with Crippen LogP contribution < -0.4 is 11.1 Å². The van der Waals surface area contributed by atoms with E-state index in [2.05, 4.69) is 10.2 Å². The van der Waals surface area contributed by atoms with E-state index in [1.807, 2.05) is 50.5 Å². The van der Waals surface area contributed by atoms with Crippen LogP contribution in [-0.4, -0.2) is 86.2 Å². The molecule has 8 nitrogen and oxygen atoms in total. The molecule has 3 aliphatic heterocycles. The van der Waals surface area contributed by atoms with Gasteiger partial charge in [-0.1, -0.05) is 30.3 Å². The van der Waals surface area contributed by atoms with Crippen LogP contribution in [0.2, 0.25) is 0 Å². The monoisotopic (exact) mass is 439 g/mol. The number of urea groups is 1. The minimum atomic E-state index is -0.339. The zero-order valence-corrected chi connectivity index (χ0v) is 18.9. The van der Waals surface area contributed by atoms with E-state index in [0.717, 1.165) is 41.5 Å². The second-order valence-electron chi connectivity index (χ2n) is 8.53. The molecule has 8 heteroatoms. The van der Waals surface area contributed by atoms with E-state index in [-0.39, 0.29) is 24.0 Å². The molecule has 3 aliphatic rings. The number of carbonyl (C=O) groups is 2. The molecule has 0 radical (unpaired) electrons. The van der Waals surface area contributed by atoms with E-state index in [9.17, 15) is 9.59 Å². The third-order valence-corrected chi connectivity index (χ3v) is 6.48. The van der Waals surface area contributed by atoms with Crippen molar-refractivity contribution in [1.29, 1.82) is 0 Å². The summed E-state index contributed by atoms with van der Waals surface area (Å²) in [6, 6.07) is 11.4. The van der Waals surface area contributed by atoms with Gasteiger partial charge in [0.15, 0.2) is 0 Å². The molecule has 3 N–H and O–H groups in total. The minimum absolute atomic E-state index is 0.0505. The zero-order valence-electron chi connectivity index (χ0n) is 18.9. The Balaban J connectivity index is 0.000000775. The van der Waals surface area contributed by atoms with Gasteiger partial charge in [0, 0.05) is 37.3 Å². The Morgan fingerprint density at radius 2 is 1.62 bits per heavy atom. The highest BCUT2D eigenvalue weighted by molar-refractivity contribution is 6.05. The van der Waals surface area contributed by atoms with Crippen molar-refractivity contribution >= 4 is 28.4 Å². The lowest BCUT2D eigenvalue weighted by molar-refractivity contribution is -0.128. The Morgan fingerprint density at radius 3 is 2.34 bits per heavy atom. The second kappa shape index (κ2) is 9.85. The molecule has 3 heterocycles. The first-order valence-corrected chi connectivity index (χ1v) is 11.4. The summed E-state index contributed by atoms with van der Waals surface area (Å²) in [6.07, 6.45) is 1.51. The fourth-order valence-electron chi connectivity index (χ4n) is 4.95. The third-order valence-electron chi connectivity index (χ3n) is 6.48. The van der Waals surface area contributed by atoms with Gasteiger partial charge in [-0.05, 0) is 44.0 Å². The molecule has 172 valence electrons. The highest BCUT2D eigenvalue weighted by Gasteiger charge is 2.52. The molecule has 0 aliphatic carbocycles. The number of ether oxygens (including phenoxy) is 1. The van der Waals surface area contributed by atoms with Crippen molar-refractivity contribution in [2.75, 3.05) is 59.2 Å². The van der Waals surface area contributed by atoms with E-state index in [0.29, 0.717) is 32.7 Å². The van der Waals surface area contributed by atoms with E-state index in [1.165, 1.54) is 4.90 Å². The van der Waals surface area contributed by atoms with Crippen LogP contribution in [-0.2, 0) is 9.53 Å². The highest BCUT2D eigenvalue weighted by Crippen LogP contribution is 2.43. The molecule has 0 bridgehead atoms. The van der Waals surface area contributed by atoms with Gasteiger partial charge in [-0.3, -0.25) is 14.6 Å². The Hall–Kier alpha value is -2.68. The summed E-state index contributed by atoms with van der Waals surface area (Å²) in [5, 5.41) is 4.81. The van der Waals surface area contributed by atoms with Gasteiger partial charge in [0.2, 0.25) is 0 Å². The average Bonchev–Trinajstić information content (AvgIpc) is 3.34. The Bertz CT molecular complexity index is 975. The number of carbonyl (C=O) groups excluding carboxylic acids is 2. The van der Waals surface area contributed by atoms with Crippen LogP contribution in [0.1, 0.15) is 24.4 Å². The third kappa shape index (κ3) is 4.18. The number of fused-ring (bicyclic) bond motifs is 2. The Kier molecular flexibility index (Phi) is 6.93. The van der Waals surface area contributed by atoms with E-state index < -0.39 is 0 Å². The summed E-state index contributed by atoms with van der Waals surface area (Å²) in [7, 11) is 3.75. The van der Waals surface area contributed by atoms with E-state index >= 15 is 0 Å². The summed E-state index contributed by atoms with van der Waals surface area (Å²) in [4.78, 5) is 31.7. The lowest BCUT2D eigenvalue weighted by Gasteiger charge is -2.28. The van der Waals surface area contributed by atoms with Gasteiger partial charge < -0.3 is 20.7 Å². The smallest absolute Gasteiger partial charge is 0.328 e. The molecule has 5 rings (SSSR count). The first-order chi connectivity index (χ1) is 15.6. The van der Waals surface area contributed by atoms with Crippen LogP contribution in [0.4, 0.5) is 10.5 Å². The molecule has 3 fully saturated rings. The SMILES string of the molecule is CNC.Nc1ccc(C2CCC3C(=O)N(CCN4CCOCC4)C(=O)N32)c2ccccc12. The van der Waals surface area contributed by atoms with Gasteiger partial charge in [-0.15, -0.1) is 0 Å². The first kappa shape index (κ1) is 22.5. The molecule has 3 amide bonds. The second-order valence-corrected chi connectivity index (χ2v) is 8.53. The summed E-state index contributed by atoms with van der Waals surface area (Å²) in [6.45, 7) is 4.27. The summed E-state index contributed by atoms with van der Waals surface area (Å²) in [5.41, 5.74) is 7.96. The van der Waals surface area contributed by atoms with E-state index in [1.54, 1.807) is 4.90 Å². The molecule has 0 saturated carbocycles. The number of nitrogens with zero attached hydrogens (tertiary/aromatic N) is 3. The maximum absolute atomic E-state index is 13.2. The normalized spacial score (nSPS) is 23.4. The minimum Gasteiger partial charge on any atom is -0.398 e. The van der Waals surface area contributed by atoms with Crippen molar-refractivity contribution in [1.82, 2.24) is 20.0 Å². The molecule has 2 atom stereocenters. The van der Waals surface area contributed by atoms with Gasteiger partial charge in [0.1, 0.15) is 6.04 Å². The van der Waals surface area contributed by atoms with Crippen LogP contribution in [0, 0.1) is 0 Å². The molecular formula is C24H33N5O3. The fourth-order valence-corrected chi connectivity index (χ4v) is 4.95. The quantitative estimate of drug-likeness (QED) is 0.560. The molecule has 2 aromatic carbocycles. The lowest BCUT2D eigenvalue weighted by Crippen LogP contribution is -2.43. The summed E-state index contributed by atoms with van der Waals surface area (Å²) in [5.74, 6) is -0.0505. The predicted molar refractivity (Wildman–Crippen MR) is 125 cm³/mol. The Morgan fingerprint density at radius 1 is 0.969 bits per heavy atom. The highest BCUT2D eigenvalue weighted by atomic mass is 16.5. The maximum atomic E-state index is 13.2. The van der Waals surface area contributed by atoms with Crippen molar-refractivity contribution in [3.8, 4) is 0 Å². The fraction of sp³-hybridized carbons (Fsp3) is 0.500. The zero-order chi connectivity index (χ0) is 22.7. The number of morpholine rings is 1. The maximum Gasteiger partial charge on any atom is 0.328 e. The largest absolute Gasteiger partial charge is 0.398 e. The molecular weight excluding hydrogens is 406 g/mol. The lowest BCUT2D eigenvalue weighted by atomic mass is 9.96. The molecule has 2 unspecified atom stereocenters. The van der Waals surface area contributed by atoms with Gasteiger partial charge in [-0.25, -0.2) is 4.79 Å². The van der Waals surface area contributed by atoms with Crippen molar-refractivity contribution in [3.05, 3.63) is 42.0 Å². The molecule has 32 heavy (non-hydrogen) atoms. The molecule has 2 aromatic rings. The van der Waals surface area contributed by atoms with Gasteiger partial charge in [0.05, 0.1) is 19.3 Å². The van der Waals surface area contributed by atoms with Crippen LogP contribution in [0.3, 0.4) is 0 Å². The number of anilines is 1.